The number of carbonyl (C=O) groups is 2. The summed E-state index contributed by atoms with van der Waals surface area (Å²) >= 11 is 7.36. The van der Waals surface area contributed by atoms with Crippen molar-refractivity contribution in [1.82, 2.24) is 4.98 Å². The van der Waals surface area contributed by atoms with Crippen LogP contribution in [-0.2, 0) is 4.79 Å². The Kier molecular flexibility index (Phi) is 5.88. The van der Waals surface area contributed by atoms with E-state index < -0.39 is 0 Å². The second kappa shape index (κ2) is 8.33. The molecular formula is C20H18ClN3O2S. The number of nitrogens with zero attached hydrogens (tertiary/aromatic N) is 1. The lowest BCUT2D eigenvalue weighted by molar-refractivity contribution is -0.115. The van der Waals surface area contributed by atoms with Crippen LogP contribution in [0, 0.1) is 6.92 Å². The zero-order valence-corrected chi connectivity index (χ0v) is 16.4. The minimum absolute atomic E-state index is 0.0806. The molecule has 2 aromatic carbocycles. The molecule has 0 aliphatic rings. The van der Waals surface area contributed by atoms with E-state index in [-0.39, 0.29) is 11.8 Å². The maximum absolute atomic E-state index is 12.7. The summed E-state index contributed by atoms with van der Waals surface area (Å²) in [5.41, 5.74) is 2.77. The molecule has 0 saturated carbocycles. The normalized spacial score (nSPS) is 10.5. The van der Waals surface area contributed by atoms with Gasteiger partial charge in [-0.1, -0.05) is 36.7 Å². The highest BCUT2D eigenvalue weighted by molar-refractivity contribution is 7.17. The van der Waals surface area contributed by atoms with Crippen molar-refractivity contribution in [2.45, 2.75) is 20.3 Å². The molecule has 0 saturated heterocycles. The minimum atomic E-state index is -0.239. The van der Waals surface area contributed by atoms with Gasteiger partial charge in [-0.25, -0.2) is 4.98 Å². The Balaban J connectivity index is 1.79. The van der Waals surface area contributed by atoms with Crippen LogP contribution in [0.25, 0.3) is 10.6 Å². The molecule has 27 heavy (non-hydrogen) atoms. The van der Waals surface area contributed by atoms with Gasteiger partial charge in [0.2, 0.25) is 5.91 Å². The molecule has 3 rings (SSSR count). The van der Waals surface area contributed by atoms with Gasteiger partial charge in [0, 0.05) is 28.4 Å². The van der Waals surface area contributed by atoms with Crippen LogP contribution in [0.15, 0.2) is 48.5 Å². The maximum atomic E-state index is 12.7. The van der Waals surface area contributed by atoms with Crippen molar-refractivity contribution < 1.29 is 9.59 Å². The third-order valence-electron chi connectivity index (χ3n) is 3.80. The number of thiazole rings is 1. The first-order chi connectivity index (χ1) is 13.0. The van der Waals surface area contributed by atoms with E-state index in [2.05, 4.69) is 15.6 Å². The van der Waals surface area contributed by atoms with E-state index in [9.17, 15) is 9.59 Å². The van der Waals surface area contributed by atoms with Gasteiger partial charge in [-0.3, -0.25) is 9.59 Å². The number of anilines is 2. The van der Waals surface area contributed by atoms with Crippen molar-refractivity contribution in [2.75, 3.05) is 10.6 Å². The fraction of sp³-hybridized carbons (Fsp3) is 0.150. The number of amides is 2. The molecule has 1 heterocycles. The standard InChI is InChI=1S/C20H18ClN3O2S/c1-3-17(25)23-15-8-5-9-16(11-15)24-19(26)18-12(2)22-20(27-18)13-6-4-7-14(21)10-13/h4-11H,3H2,1-2H3,(H,23,25)(H,24,26). The van der Waals surface area contributed by atoms with Gasteiger partial charge >= 0.3 is 0 Å². The zero-order chi connectivity index (χ0) is 19.4. The lowest BCUT2D eigenvalue weighted by Gasteiger charge is -2.07. The molecular weight excluding hydrogens is 382 g/mol. The number of benzene rings is 2. The van der Waals surface area contributed by atoms with Crippen molar-refractivity contribution in [3.8, 4) is 10.6 Å². The molecule has 0 atom stereocenters. The summed E-state index contributed by atoms with van der Waals surface area (Å²) < 4.78 is 0. The highest BCUT2D eigenvalue weighted by Crippen LogP contribution is 2.30. The fourth-order valence-electron chi connectivity index (χ4n) is 2.46. The highest BCUT2D eigenvalue weighted by Gasteiger charge is 2.17. The van der Waals surface area contributed by atoms with Crippen LogP contribution in [-0.4, -0.2) is 16.8 Å². The van der Waals surface area contributed by atoms with E-state index in [1.165, 1.54) is 11.3 Å². The third kappa shape index (κ3) is 4.72. The van der Waals surface area contributed by atoms with Crippen LogP contribution < -0.4 is 10.6 Å². The number of rotatable bonds is 5. The molecule has 2 N–H and O–H groups in total. The first kappa shape index (κ1) is 19.1. The molecule has 1 aromatic heterocycles. The predicted octanol–water partition coefficient (Wildman–Crippen LogP) is 5.37. The molecule has 0 radical (unpaired) electrons. The van der Waals surface area contributed by atoms with E-state index in [0.717, 1.165) is 10.6 Å². The van der Waals surface area contributed by atoms with Crippen molar-refractivity contribution in [2.24, 2.45) is 0 Å². The van der Waals surface area contributed by atoms with Crippen LogP contribution in [0.1, 0.15) is 28.7 Å². The number of aromatic nitrogens is 1. The summed E-state index contributed by atoms with van der Waals surface area (Å²) in [6.45, 7) is 3.59. The Labute approximate surface area is 166 Å². The van der Waals surface area contributed by atoms with Gasteiger partial charge in [-0.15, -0.1) is 11.3 Å². The van der Waals surface area contributed by atoms with Gasteiger partial charge in [0.25, 0.3) is 5.91 Å². The Morgan fingerprint density at radius 1 is 1.07 bits per heavy atom. The SMILES string of the molecule is CCC(=O)Nc1cccc(NC(=O)c2sc(-c3cccc(Cl)c3)nc2C)c1. The number of nitrogens with one attached hydrogen (secondary N) is 2. The number of aryl methyl sites for hydroxylation is 1. The Hall–Kier alpha value is -2.70. The van der Waals surface area contributed by atoms with Gasteiger partial charge in [-0.2, -0.15) is 0 Å². The van der Waals surface area contributed by atoms with Crippen LogP contribution >= 0.6 is 22.9 Å². The van der Waals surface area contributed by atoms with E-state index in [4.69, 9.17) is 11.6 Å². The second-order valence-electron chi connectivity index (χ2n) is 5.88. The zero-order valence-electron chi connectivity index (χ0n) is 14.9. The second-order valence-corrected chi connectivity index (χ2v) is 7.32. The molecule has 7 heteroatoms. The molecule has 0 spiro atoms. The minimum Gasteiger partial charge on any atom is -0.326 e. The average Bonchev–Trinajstić information content (AvgIpc) is 3.04. The summed E-state index contributed by atoms with van der Waals surface area (Å²) in [4.78, 5) is 29.2. The molecule has 0 fully saturated rings. The molecule has 3 aromatic rings. The van der Waals surface area contributed by atoms with Gasteiger partial charge in [0.05, 0.1) is 5.69 Å². The predicted molar refractivity (Wildman–Crippen MR) is 111 cm³/mol. The topological polar surface area (TPSA) is 71.1 Å². The van der Waals surface area contributed by atoms with E-state index in [0.29, 0.717) is 33.4 Å². The summed E-state index contributed by atoms with van der Waals surface area (Å²) in [6, 6.07) is 14.4. The summed E-state index contributed by atoms with van der Waals surface area (Å²) in [5.74, 6) is -0.319. The van der Waals surface area contributed by atoms with Gasteiger partial charge in [0.1, 0.15) is 9.88 Å². The monoisotopic (exact) mass is 399 g/mol. The largest absolute Gasteiger partial charge is 0.326 e. The Morgan fingerprint density at radius 3 is 2.48 bits per heavy atom. The number of carbonyl (C=O) groups excluding carboxylic acids is 2. The molecule has 138 valence electrons. The van der Waals surface area contributed by atoms with Gasteiger partial charge in [-0.05, 0) is 37.3 Å². The van der Waals surface area contributed by atoms with Crippen molar-refractivity contribution in [3.05, 3.63) is 64.1 Å². The first-order valence-corrected chi connectivity index (χ1v) is 9.60. The van der Waals surface area contributed by atoms with Gasteiger partial charge < -0.3 is 10.6 Å². The van der Waals surface area contributed by atoms with E-state index in [1.807, 2.05) is 18.2 Å². The summed E-state index contributed by atoms with van der Waals surface area (Å²) in [7, 11) is 0. The summed E-state index contributed by atoms with van der Waals surface area (Å²) in [6.07, 6.45) is 0.392. The molecule has 5 nitrogen and oxygen atoms in total. The van der Waals surface area contributed by atoms with Crippen LogP contribution in [0.5, 0.6) is 0 Å². The van der Waals surface area contributed by atoms with Gasteiger partial charge in [0.15, 0.2) is 0 Å². The molecule has 2 amide bonds. The van der Waals surface area contributed by atoms with Crippen LogP contribution in [0.3, 0.4) is 0 Å². The van der Waals surface area contributed by atoms with Crippen molar-refractivity contribution >= 4 is 46.1 Å². The average molecular weight is 400 g/mol. The Morgan fingerprint density at radius 2 is 1.78 bits per heavy atom. The third-order valence-corrected chi connectivity index (χ3v) is 5.24. The van der Waals surface area contributed by atoms with E-state index in [1.54, 1.807) is 44.2 Å². The fourth-order valence-corrected chi connectivity index (χ4v) is 3.61. The summed E-state index contributed by atoms with van der Waals surface area (Å²) in [5, 5.41) is 7.00. The highest BCUT2D eigenvalue weighted by atomic mass is 35.5. The van der Waals surface area contributed by atoms with Crippen molar-refractivity contribution in [1.29, 1.82) is 0 Å². The quantitative estimate of drug-likeness (QED) is 0.605. The Bertz CT molecular complexity index is 1000. The smallest absolute Gasteiger partial charge is 0.267 e. The molecule has 0 aliphatic heterocycles. The van der Waals surface area contributed by atoms with Crippen LogP contribution in [0.4, 0.5) is 11.4 Å². The number of hydrogen-bond acceptors (Lipinski definition) is 4. The molecule has 0 bridgehead atoms. The molecule has 0 aliphatic carbocycles. The van der Waals surface area contributed by atoms with Crippen molar-refractivity contribution in [3.63, 3.8) is 0 Å². The van der Waals surface area contributed by atoms with Crippen LogP contribution in [0.2, 0.25) is 5.02 Å². The molecule has 0 unspecified atom stereocenters. The maximum Gasteiger partial charge on any atom is 0.267 e. The lowest BCUT2D eigenvalue weighted by Crippen LogP contribution is -2.13. The first-order valence-electron chi connectivity index (χ1n) is 8.41. The number of hydrogen-bond donors (Lipinski definition) is 2. The van der Waals surface area contributed by atoms with E-state index >= 15 is 0 Å². The number of halogens is 1. The lowest BCUT2D eigenvalue weighted by atomic mass is 10.2.